The van der Waals surface area contributed by atoms with E-state index in [-0.39, 0.29) is 5.75 Å². The lowest BCUT2D eigenvalue weighted by Gasteiger charge is -1.91. The van der Waals surface area contributed by atoms with Crippen molar-refractivity contribution in [2.75, 3.05) is 0 Å². The van der Waals surface area contributed by atoms with Crippen LogP contribution < -0.4 is 0 Å². The zero-order chi connectivity index (χ0) is 8.10. The van der Waals surface area contributed by atoms with Crippen molar-refractivity contribution in [3.63, 3.8) is 0 Å². The Morgan fingerprint density at radius 1 is 1.27 bits per heavy atom. The van der Waals surface area contributed by atoms with Gasteiger partial charge in [-0.15, -0.1) is 0 Å². The van der Waals surface area contributed by atoms with Gasteiger partial charge in [-0.3, -0.25) is 0 Å². The molecule has 0 aliphatic heterocycles. The second-order valence-electron chi connectivity index (χ2n) is 2.05. The first-order valence-corrected chi connectivity index (χ1v) is 3.18. The van der Waals surface area contributed by atoms with Crippen LogP contribution in [0.1, 0.15) is 5.56 Å². The number of phenols is 1. The largest absolute Gasteiger partial charge is 0.508 e. The first-order valence-electron chi connectivity index (χ1n) is 3.18. The Balaban J connectivity index is 2.84. The Kier molecular flexibility index (Phi) is 2.29. The number of allylic oxidation sites excluding steroid dienone is 1. The van der Waals surface area contributed by atoms with Gasteiger partial charge in [0.05, 0.1) is 6.07 Å². The van der Waals surface area contributed by atoms with Crippen LogP contribution in [0.5, 0.6) is 5.75 Å². The minimum Gasteiger partial charge on any atom is -0.508 e. The fourth-order valence-electron chi connectivity index (χ4n) is 0.719. The molecule has 0 aliphatic rings. The maximum atomic E-state index is 8.89. The average Bonchev–Trinajstić information content (AvgIpc) is 2.04. The summed E-state index contributed by atoms with van der Waals surface area (Å²) in [5.74, 6) is 0.235. The molecular weight excluding hydrogens is 138 g/mol. The number of phenolic OH excluding ortho intramolecular Hbond substituents is 1. The highest BCUT2D eigenvalue weighted by atomic mass is 16.3. The van der Waals surface area contributed by atoms with Crippen molar-refractivity contribution in [2.45, 2.75) is 0 Å². The third kappa shape index (κ3) is 2.15. The van der Waals surface area contributed by atoms with Crippen molar-refractivity contribution < 1.29 is 5.11 Å². The first kappa shape index (κ1) is 7.36. The lowest BCUT2D eigenvalue weighted by Crippen LogP contribution is -1.68. The second kappa shape index (κ2) is 3.43. The van der Waals surface area contributed by atoms with Gasteiger partial charge in [-0.1, -0.05) is 12.1 Å². The molecule has 0 spiro atoms. The first-order chi connectivity index (χ1) is 5.33. The van der Waals surface area contributed by atoms with Crippen LogP contribution in [0.4, 0.5) is 0 Å². The number of benzene rings is 1. The third-order valence-electron chi connectivity index (χ3n) is 1.24. The average molecular weight is 145 g/mol. The molecule has 0 amide bonds. The van der Waals surface area contributed by atoms with Crippen LogP contribution in [0, 0.1) is 11.3 Å². The number of hydrogen-bond acceptors (Lipinski definition) is 2. The summed E-state index contributed by atoms with van der Waals surface area (Å²) in [5, 5.41) is 17.1. The maximum Gasteiger partial charge on any atom is 0.115 e. The SMILES string of the molecule is N#C/C=C/c1ccc(O)cc1. The van der Waals surface area contributed by atoms with Crippen LogP contribution in [-0.2, 0) is 0 Å². The molecule has 0 bridgehead atoms. The predicted octanol–water partition coefficient (Wildman–Crippen LogP) is 1.93. The Hall–Kier alpha value is -1.75. The maximum absolute atomic E-state index is 8.89. The molecule has 2 heteroatoms. The van der Waals surface area contributed by atoms with Crippen molar-refractivity contribution >= 4 is 6.08 Å². The molecule has 0 heterocycles. The molecule has 0 aromatic heterocycles. The van der Waals surface area contributed by atoms with Gasteiger partial charge >= 0.3 is 0 Å². The Labute approximate surface area is 65.0 Å². The van der Waals surface area contributed by atoms with Crippen LogP contribution in [0.2, 0.25) is 0 Å². The van der Waals surface area contributed by atoms with Crippen molar-refractivity contribution in [1.29, 1.82) is 5.26 Å². The molecule has 1 aromatic rings. The topological polar surface area (TPSA) is 44.0 Å². The lowest BCUT2D eigenvalue weighted by molar-refractivity contribution is 0.475. The zero-order valence-electron chi connectivity index (χ0n) is 5.86. The van der Waals surface area contributed by atoms with Crippen LogP contribution in [0.3, 0.4) is 0 Å². The summed E-state index contributed by atoms with van der Waals surface area (Å²) >= 11 is 0. The molecule has 0 atom stereocenters. The van der Waals surface area contributed by atoms with E-state index in [0.29, 0.717) is 0 Å². The molecule has 1 aromatic carbocycles. The molecule has 1 N–H and O–H groups in total. The molecule has 0 unspecified atom stereocenters. The van der Waals surface area contributed by atoms with Crippen molar-refractivity contribution in [2.24, 2.45) is 0 Å². The van der Waals surface area contributed by atoms with Crippen LogP contribution >= 0.6 is 0 Å². The van der Waals surface area contributed by atoms with Crippen molar-refractivity contribution in [3.05, 3.63) is 35.9 Å². The monoisotopic (exact) mass is 145 g/mol. The zero-order valence-corrected chi connectivity index (χ0v) is 5.86. The van der Waals surface area contributed by atoms with Gasteiger partial charge in [0.25, 0.3) is 0 Å². The number of rotatable bonds is 1. The van der Waals surface area contributed by atoms with Crippen molar-refractivity contribution in [1.82, 2.24) is 0 Å². The van der Waals surface area contributed by atoms with E-state index in [9.17, 15) is 0 Å². The van der Waals surface area contributed by atoms with Crippen LogP contribution in [-0.4, -0.2) is 5.11 Å². The minimum atomic E-state index is 0.235. The number of hydrogen-bond donors (Lipinski definition) is 1. The van der Waals surface area contributed by atoms with Gasteiger partial charge in [0, 0.05) is 6.08 Å². The van der Waals surface area contributed by atoms with Gasteiger partial charge in [0.1, 0.15) is 5.75 Å². The number of nitrogens with zero attached hydrogens (tertiary/aromatic N) is 1. The standard InChI is InChI=1S/C9H7NO/c10-7-1-2-8-3-5-9(11)6-4-8/h1-6,11H/b2-1+. The van der Waals surface area contributed by atoms with E-state index in [4.69, 9.17) is 10.4 Å². The molecule has 54 valence electrons. The molecule has 11 heavy (non-hydrogen) atoms. The number of aromatic hydroxyl groups is 1. The molecule has 0 radical (unpaired) electrons. The van der Waals surface area contributed by atoms with Crippen molar-refractivity contribution in [3.8, 4) is 11.8 Å². The second-order valence-corrected chi connectivity index (χ2v) is 2.05. The molecule has 0 fully saturated rings. The normalized spacial score (nSPS) is 9.73. The quantitative estimate of drug-likeness (QED) is 0.613. The fraction of sp³-hybridized carbons (Fsp3) is 0. The minimum absolute atomic E-state index is 0.235. The Morgan fingerprint density at radius 3 is 2.45 bits per heavy atom. The van der Waals surface area contributed by atoms with E-state index >= 15 is 0 Å². The molecule has 1 rings (SSSR count). The van der Waals surface area contributed by atoms with E-state index < -0.39 is 0 Å². The van der Waals surface area contributed by atoms with Gasteiger partial charge in [0.2, 0.25) is 0 Å². The summed E-state index contributed by atoms with van der Waals surface area (Å²) in [7, 11) is 0. The third-order valence-corrected chi connectivity index (χ3v) is 1.24. The highest BCUT2D eigenvalue weighted by molar-refractivity contribution is 5.52. The Bertz CT molecular complexity index is 292. The van der Waals surface area contributed by atoms with E-state index in [1.54, 1.807) is 30.3 Å². The molecular formula is C9H7NO. The summed E-state index contributed by atoms with van der Waals surface area (Å²) in [4.78, 5) is 0. The smallest absolute Gasteiger partial charge is 0.115 e. The van der Waals surface area contributed by atoms with E-state index in [1.165, 1.54) is 6.08 Å². The van der Waals surface area contributed by atoms with Gasteiger partial charge in [-0.05, 0) is 23.8 Å². The summed E-state index contributed by atoms with van der Waals surface area (Å²) < 4.78 is 0. The molecule has 0 saturated heterocycles. The van der Waals surface area contributed by atoms with Crippen LogP contribution in [0.15, 0.2) is 30.3 Å². The molecule has 0 saturated carbocycles. The number of nitriles is 1. The van der Waals surface area contributed by atoms with Crippen LogP contribution in [0.25, 0.3) is 6.08 Å². The Morgan fingerprint density at radius 2 is 1.91 bits per heavy atom. The van der Waals surface area contributed by atoms with E-state index in [2.05, 4.69) is 0 Å². The van der Waals surface area contributed by atoms with Gasteiger partial charge < -0.3 is 5.11 Å². The summed E-state index contributed by atoms with van der Waals surface area (Å²) in [6, 6.07) is 8.53. The lowest BCUT2D eigenvalue weighted by atomic mass is 10.2. The molecule has 0 aliphatic carbocycles. The predicted molar refractivity (Wildman–Crippen MR) is 42.8 cm³/mol. The van der Waals surface area contributed by atoms with Gasteiger partial charge in [-0.2, -0.15) is 5.26 Å². The summed E-state index contributed by atoms with van der Waals surface area (Å²) in [5.41, 5.74) is 0.907. The van der Waals surface area contributed by atoms with Gasteiger partial charge in [0.15, 0.2) is 0 Å². The highest BCUT2D eigenvalue weighted by Gasteiger charge is 1.85. The van der Waals surface area contributed by atoms with E-state index in [0.717, 1.165) is 5.56 Å². The fourth-order valence-corrected chi connectivity index (χ4v) is 0.719. The summed E-state index contributed by atoms with van der Waals surface area (Å²) in [6.45, 7) is 0. The molecule has 2 nitrogen and oxygen atoms in total. The van der Waals surface area contributed by atoms with Gasteiger partial charge in [-0.25, -0.2) is 0 Å². The summed E-state index contributed by atoms with van der Waals surface area (Å²) in [6.07, 6.45) is 3.08. The van der Waals surface area contributed by atoms with E-state index in [1.807, 2.05) is 6.07 Å². The highest BCUT2D eigenvalue weighted by Crippen LogP contribution is 2.10.